The quantitative estimate of drug-likeness (QED) is 0.521. The van der Waals surface area contributed by atoms with Crippen LogP contribution >= 0.6 is 0 Å². The number of rotatable bonds is 4. The number of carbonyl (C=O) groups is 2. The van der Waals surface area contributed by atoms with Crippen LogP contribution in [0.3, 0.4) is 0 Å². The molecule has 1 aliphatic rings. The summed E-state index contributed by atoms with van der Waals surface area (Å²) in [6, 6.07) is 0. The first-order valence-corrected chi connectivity index (χ1v) is 4.12. The molecule has 0 spiro atoms. The zero-order valence-corrected chi connectivity index (χ0v) is 7.49. The molecule has 0 aromatic heterocycles. The zero-order chi connectivity index (χ0) is 9.84. The van der Waals surface area contributed by atoms with E-state index >= 15 is 0 Å². The smallest absolute Gasteiger partial charge is 0.223 e. The molecule has 1 heterocycles. The summed E-state index contributed by atoms with van der Waals surface area (Å²) in [5.74, 6) is -1.93. The van der Waals surface area contributed by atoms with Gasteiger partial charge in [-0.1, -0.05) is 0 Å². The van der Waals surface area contributed by atoms with Crippen molar-refractivity contribution in [1.82, 2.24) is 4.90 Å². The van der Waals surface area contributed by atoms with Crippen LogP contribution in [0, 0.1) is 5.92 Å². The Kier molecular flexibility index (Phi) is 3.25. The lowest BCUT2D eigenvalue weighted by atomic mass is 10.1. The second-order valence-electron chi connectivity index (χ2n) is 3.05. The van der Waals surface area contributed by atoms with Gasteiger partial charge < -0.3 is 19.5 Å². The molecule has 0 aliphatic carbocycles. The van der Waals surface area contributed by atoms with E-state index in [0.717, 1.165) is 0 Å². The molecule has 13 heavy (non-hydrogen) atoms. The summed E-state index contributed by atoms with van der Waals surface area (Å²) in [7, 11) is 1.54. The van der Waals surface area contributed by atoms with E-state index in [1.807, 2.05) is 0 Å². The molecule has 74 valence electrons. The minimum atomic E-state index is -1.15. The average Bonchev–Trinajstić information content (AvgIpc) is 2.44. The Labute approximate surface area is 76.3 Å². The van der Waals surface area contributed by atoms with Gasteiger partial charge in [0.05, 0.1) is 6.61 Å². The lowest BCUT2D eigenvalue weighted by Gasteiger charge is -2.15. The Morgan fingerprint density at radius 1 is 1.77 bits per heavy atom. The third kappa shape index (κ3) is 2.42. The summed E-state index contributed by atoms with van der Waals surface area (Å²) in [5, 5.41) is 10.4. The van der Waals surface area contributed by atoms with Crippen molar-refractivity contribution in [2.45, 2.75) is 6.42 Å². The lowest BCUT2D eigenvalue weighted by Crippen LogP contribution is -2.34. The molecule has 5 nitrogen and oxygen atoms in total. The van der Waals surface area contributed by atoms with Gasteiger partial charge in [0.1, 0.15) is 0 Å². The standard InChI is InChI=1S/C8H13NO4/c1-13-3-2-9-5-6(8(11)12)4-7(9)10/h6H,2-5H2,1H3,(H,11,12)/p-1/t6-/m0/s1. The molecule has 0 unspecified atom stereocenters. The molecule has 0 aromatic carbocycles. The van der Waals surface area contributed by atoms with E-state index in [1.54, 1.807) is 0 Å². The van der Waals surface area contributed by atoms with Crippen LogP contribution in [0.2, 0.25) is 0 Å². The second-order valence-corrected chi connectivity index (χ2v) is 3.05. The summed E-state index contributed by atoms with van der Waals surface area (Å²) < 4.78 is 4.79. The summed E-state index contributed by atoms with van der Waals surface area (Å²) >= 11 is 0. The number of likely N-dealkylation sites (tertiary alicyclic amines) is 1. The Morgan fingerprint density at radius 2 is 2.46 bits per heavy atom. The third-order valence-corrected chi connectivity index (χ3v) is 2.11. The highest BCUT2D eigenvalue weighted by atomic mass is 16.5. The first-order chi connectivity index (χ1) is 6.15. The maximum Gasteiger partial charge on any atom is 0.223 e. The van der Waals surface area contributed by atoms with Crippen LogP contribution in [-0.4, -0.2) is 43.6 Å². The van der Waals surface area contributed by atoms with Crippen molar-refractivity contribution < 1.29 is 19.4 Å². The van der Waals surface area contributed by atoms with Crippen LogP contribution in [0.15, 0.2) is 0 Å². The number of carbonyl (C=O) groups excluding carboxylic acids is 2. The van der Waals surface area contributed by atoms with Gasteiger partial charge in [-0.3, -0.25) is 4.79 Å². The number of aliphatic carboxylic acids is 1. The van der Waals surface area contributed by atoms with Crippen molar-refractivity contribution in [3.8, 4) is 0 Å². The summed E-state index contributed by atoms with van der Waals surface area (Å²) in [6.07, 6.45) is 0.0616. The van der Waals surface area contributed by atoms with Gasteiger partial charge in [-0.25, -0.2) is 0 Å². The van der Waals surface area contributed by atoms with Crippen LogP contribution in [0.4, 0.5) is 0 Å². The number of carboxylic acid groups (broad SMARTS) is 1. The SMILES string of the molecule is COCCN1C[C@@H](C(=O)[O-])CC1=O. The van der Waals surface area contributed by atoms with E-state index in [1.165, 1.54) is 12.0 Å². The summed E-state index contributed by atoms with van der Waals surface area (Å²) in [5.41, 5.74) is 0. The fourth-order valence-corrected chi connectivity index (χ4v) is 1.35. The predicted molar refractivity (Wildman–Crippen MR) is 41.6 cm³/mol. The molecule has 1 saturated heterocycles. The molecule has 0 N–H and O–H groups in total. The molecule has 0 aromatic rings. The largest absolute Gasteiger partial charge is 0.550 e. The fourth-order valence-electron chi connectivity index (χ4n) is 1.35. The number of nitrogens with zero attached hydrogens (tertiary/aromatic N) is 1. The second kappa shape index (κ2) is 4.23. The average molecular weight is 186 g/mol. The molecular weight excluding hydrogens is 174 g/mol. The molecular formula is C8H12NO4-. The van der Waals surface area contributed by atoms with Crippen LogP contribution in [0.1, 0.15) is 6.42 Å². The van der Waals surface area contributed by atoms with E-state index in [-0.39, 0.29) is 18.9 Å². The monoisotopic (exact) mass is 186 g/mol. The maximum absolute atomic E-state index is 11.2. The van der Waals surface area contributed by atoms with Crippen LogP contribution in [-0.2, 0) is 14.3 Å². The van der Waals surface area contributed by atoms with E-state index in [0.29, 0.717) is 13.2 Å². The lowest BCUT2D eigenvalue weighted by molar-refractivity contribution is -0.311. The number of ether oxygens (including phenoxy) is 1. The van der Waals surface area contributed by atoms with E-state index < -0.39 is 11.9 Å². The van der Waals surface area contributed by atoms with Crippen LogP contribution in [0.5, 0.6) is 0 Å². The predicted octanol–water partition coefficient (Wildman–Crippen LogP) is -1.77. The van der Waals surface area contributed by atoms with Crippen molar-refractivity contribution in [3.63, 3.8) is 0 Å². The molecule has 1 fully saturated rings. The highest BCUT2D eigenvalue weighted by Gasteiger charge is 2.29. The highest BCUT2D eigenvalue weighted by molar-refractivity contribution is 5.85. The molecule has 1 rings (SSSR count). The van der Waals surface area contributed by atoms with Crippen molar-refractivity contribution in [2.24, 2.45) is 5.92 Å². The van der Waals surface area contributed by atoms with Gasteiger partial charge in [0, 0.05) is 38.5 Å². The zero-order valence-electron chi connectivity index (χ0n) is 7.49. The summed E-state index contributed by atoms with van der Waals surface area (Å²) in [4.78, 5) is 23.1. The Balaban J connectivity index is 2.42. The number of hydrogen-bond donors (Lipinski definition) is 0. The van der Waals surface area contributed by atoms with Gasteiger partial charge in [0.15, 0.2) is 0 Å². The molecule has 5 heteroatoms. The number of carboxylic acids is 1. The van der Waals surface area contributed by atoms with Crippen molar-refractivity contribution in [1.29, 1.82) is 0 Å². The van der Waals surface area contributed by atoms with Crippen LogP contribution < -0.4 is 5.11 Å². The van der Waals surface area contributed by atoms with E-state index in [2.05, 4.69) is 0 Å². The molecule has 1 amide bonds. The molecule has 0 saturated carbocycles. The first-order valence-electron chi connectivity index (χ1n) is 4.12. The van der Waals surface area contributed by atoms with E-state index in [9.17, 15) is 14.7 Å². The van der Waals surface area contributed by atoms with Gasteiger partial charge in [0.25, 0.3) is 0 Å². The third-order valence-electron chi connectivity index (χ3n) is 2.11. The molecule has 1 aliphatic heterocycles. The topological polar surface area (TPSA) is 69.7 Å². The maximum atomic E-state index is 11.2. The van der Waals surface area contributed by atoms with E-state index in [4.69, 9.17) is 4.74 Å². The molecule has 0 radical (unpaired) electrons. The van der Waals surface area contributed by atoms with Crippen LogP contribution in [0.25, 0.3) is 0 Å². The minimum Gasteiger partial charge on any atom is -0.550 e. The Bertz CT molecular complexity index is 216. The van der Waals surface area contributed by atoms with Gasteiger partial charge in [-0.05, 0) is 0 Å². The Hall–Kier alpha value is -1.10. The normalized spacial score (nSPS) is 22.4. The van der Waals surface area contributed by atoms with Gasteiger partial charge in [-0.2, -0.15) is 0 Å². The first kappa shape index (κ1) is 9.98. The number of hydrogen-bond acceptors (Lipinski definition) is 4. The van der Waals surface area contributed by atoms with Crippen molar-refractivity contribution >= 4 is 11.9 Å². The number of methoxy groups -OCH3 is 1. The fraction of sp³-hybridized carbons (Fsp3) is 0.750. The minimum absolute atomic E-state index is 0.0616. The Morgan fingerprint density at radius 3 is 2.92 bits per heavy atom. The van der Waals surface area contributed by atoms with Crippen molar-refractivity contribution in [3.05, 3.63) is 0 Å². The highest BCUT2D eigenvalue weighted by Crippen LogP contribution is 2.16. The van der Waals surface area contributed by atoms with Gasteiger partial charge in [0.2, 0.25) is 5.91 Å². The molecule has 0 bridgehead atoms. The molecule has 1 atom stereocenters. The summed E-state index contributed by atoms with van der Waals surface area (Å²) in [6.45, 7) is 1.15. The number of amides is 1. The van der Waals surface area contributed by atoms with Gasteiger partial charge >= 0.3 is 0 Å². The van der Waals surface area contributed by atoms with Gasteiger partial charge in [-0.15, -0.1) is 0 Å². The van der Waals surface area contributed by atoms with Crippen molar-refractivity contribution in [2.75, 3.05) is 26.8 Å².